The van der Waals surface area contributed by atoms with E-state index in [1.807, 2.05) is 0 Å². The molecule has 0 aromatic carbocycles. The maximum Gasteiger partial charge on any atom is 0.339 e. The first-order valence-electron chi connectivity index (χ1n) is 6.46. The molecule has 6 heteroatoms. The number of piperazine rings is 1. The molecule has 1 aromatic heterocycles. The Balaban J connectivity index is 2.01. The largest absolute Gasteiger partial charge is 0.478 e. The summed E-state index contributed by atoms with van der Waals surface area (Å²) in [4.78, 5) is 27.1. The van der Waals surface area contributed by atoms with E-state index < -0.39 is 5.97 Å². The van der Waals surface area contributed by atoms with Gasteiger partial charge in [-0.3, -0.25) is 9.69 Å². The molecular weight excluding hydrogens is 248 g/mol. The summed E-state index contributed by atoms with van der Waals surface area (Å²) in [7, 11) is 0. The Morgan fingerprint density at radius 1 is 1.32 bits per heavy atom. The normalized spacial score (nSPS) is 16.6. The van der Waals surface area contributed by atoms with Crippen molar-refractivity contribution in [2.45, 2.75) is 13.3 Å². The van der Waals surface area contributed by atoms with Crippen LogP contribution in [0.25, 0.3) is 0 Å². The lowest BCUT2D eigenvalue weighted by Crippen LogP contribution is -2.48. The van der Waals surface area contributed by atoms with Crippen LogP contribution in [0.5, 0.6) is 0 Å². The van der Waals surface area contributed by atoms with Crippen molar-refractivity contribution in [3.8, 4) is 0 Å². The third kappa shape index (κ3) is 2.96. The molecule has 2 heterocycles. The first-order chi connectivity index (χ1) is 9.13. The molecule has 1 N–H and O–H groups in total. The first-order valence-corrected chi connectivity index (χ1v) is 6.46. The Morgan fingerprint density at radius 3 is 2.58 bits per heavy atom. The number of aromatic carboxylic acids is 1. The van der Waals surface area contributed by atoms with Gasteiger partial charge in [0.25, 0.3) is 5.91 Å². The van der Waals surface area contributed by atoms with Crippen molar-refractivity contribution in [2.24, 2.45) is 0 Å². The highest BCUT2D eigenvalue weighted by Gasteiger charge is 2.27. The van der Waals surface area contributed by atoms with Gasteiger partial charge in [-0.1, -0.05) is 6.92 Å². The smallest absolute Gasteiger partial charge is 0.339 e. The number of amides is 1. The lowest BCUT2D eigenvalue weighted by molar-refractivity contribution is 0.0587. The van der Waals surface area contributed by atoms with Crippen LogP contribution >= 0.6 is 0 Å². The van der Waals surface area contributed by atoms with Crippen LogP contribution in [0.4, 0.5) is 0 Å². The fourth-order valence-electron chi connectivity index (χ4n) is 2.28. The van der Waals surface area contributed by atoms with E-state index in [-0.39, 0.29) is 17.2 Å². The van der Waals surface area contributed by atoms with Gasteiger partial charge in [-0.2, -0.15) is 0 Å². The Hall–Kier alpha value is -1.82. The summed E-state index contributed by atoms with van der Waals surface area (Å²) >= 11 is 0. The summed E-state index contributed by atoms with van der Waals surface area (Å²) in [5.74, 6) is -1.54. The molecule has 0 spiro atoms. The van der Waals surface area contributed by atoms with Crippen LogP contribution in [0.1, 0.15) is 34.3 Å². The van der Waals surface area contributed by atoms with Crippen LogP contribution in [-0.4, -0.2) is 59.5 Å². The second-order valence-corrected chi connectivity index (χ2v) is 4.60. The predicted molar refractivity (Wildman–Crippen MR) is 68.3 cm³/mol. The number of carboxylic acids is 1. The summed E-state index contributed by atoms with van der Waals surface area (Å²) in [6, 6.07) is 1.31. The van der Waals surface area contributed by atoms with E-state index in [0.717, 1.165) is 26.1 Å². The number of carbonyl (C=O) groups excluding carboxylic acids is 1. The average Bonchev–Trinajstić information content (AvgIpc) is 2.88. The molecule has 1 amide bonds. The number of furan rings is 1. The van der Waals surface area contributed by atoms with Gasteiger partial charge in [0.1, 0.15) is 5.56 Å². The molecule has 6 nitrogen and oxygen atoms in total. The molecule has 0 bridgehead atoms. The number of carboxylic acid groups (broad SMARTS) is 1. The highest BCUT2D eigenvalue weighted by molar-refractivity contribution is 6.02. The minimum atomic E-state index is -1.14. The molecule has 0 radical (unpaired) electrons. The summed E-state index contributed by atoms with van der Waals surface area (Å²) in [5.41, 5.74) is -0.0685. The van der Waals surface area contributed by atoms with E-state index in [4.69, 9.17) is 9.52 Å². The molecule has 1 aliphatic rings. The van der Waals surface area contributed by atoms with Gasteiger partial charge in [0.15, 0.2) is 0 Å². The lowest BCUT2D eigenvalue weighted by Gasteiger charge is -2.34. The summed E-state index contributed by atoms with van der Waals surface area (Å²) in [5, 5.41) is 8.97. The van der Waals surface area contributed by atoms with Gasteiger partial charge >= 0.3 is 5.97 Å². The molecule has 0 aliphatic carbocycles. The fourth-order valence-corrected chi connectivity index (χ4v) is 2.28. The summed E-state index contributed by atoms with van der Waals surface area (Å²) in [6.07, 6.45) is 2.33. The lowest BCUT2D eigenvalue weighted by atomic mass is 10.2. The zero-order chi connectivity index (χ0) is 13.8. The number of hydrogen-bond acceptors (Lipinski definition) is 4. The molecule has 1 fully saturated rings. The quantitative estimate of drug-likeness (QED) is 0.884. The van der Waals surface area contributed by atoms with Crippen molar-refractivity contribution in [1.82, 2.24) is 9.80 Å². The van der Waals surface area contributed by atoms with Gasteiger partial charge < -0.3 is 14.4 Å². The molecular formula is C13H18N2O4. The van der Waals surface area contributed by atoms with Gasteiger partial charge in [-0.05, 0) is 19.0 Å². The molecule has 1 saturated heterocycles. The van der Waals surface area contributed by atoms with Gasteiger partial charge in [0.2, 0.25) is 5.76 Å². The third-order valence-electron chi connectivity index (χ3n) is 3.29. The predicted octanol–water partition coefficient (Wildman–Crippen LogP) is 1.15. The van der Waals surface area contributed by atoms with Crippen molar-refractivity contribution >= 4 is 11.9 Å². The van der Waals surface area contributed by atoms with E-state index >= 15 is 0 Å². The maximum atomic E-state index is 12.2. The van der Waals surface area contributed by atoms with Crippen molar-refractivity contribution < 1.29 is 19.1 Å². The zero-order valence-electron chi connectivity index (χ0n) is 11.0. The van der Waals surface area contributed by atoms with E-state index in [9.17, 15) is 9.59 Å². The maximum absolute atomic E-state index is 12.2. The van der Waals surface area contributed by atoms with Crippen LogP contribution < -0.4 is 0 Å². The number of hydrogen-bond donors (Lipinski definition) is 1. The standard InChI is InChI=1S/C13H18N2O4/c1-2-4-14-5-7-15(8-6-14)12(16)11-10(13(17)18)3-9-19-11/h3,9H,2,4-8H2,1H3,(H,17,18). The van der Waals surface area contributed by atoms with Crippen molar-refractivity contribution in [3.05, 3.63) is 23.7 Å². The molecule has 0 atom stereocenters. The topological polar surface area (TPSA) is 74.0 Å². The van der Waals surface area contributed by atoms with Crippen molar-refractivity contribution in [1.29, 1.82) is 0 Å². The van der Waals surface area contributed by atoms with Crippen LogP contribution in [0, 0.1) is 0 Å². The molecule has 1 aliphatic heterocycles. The Bertz CT molecular complexity index is 461. The zero-order valence-corrected chi connectivity index (χ0v) is 11.0. The Morgan fingerprint density at radius 2 is 2.00 bits per heavy atom. The Labute approximate surface area is 111 Å². The van der Waals surface area contributed by atoms with E-state index in [1.165, 1.54) is 12.3 Å². The van der Waals surface area contributed by atoms with Gasteiger partial charge in [-0.15, -0.1) is 0 Å². The van der Waals surface area contributed by atoms with E-state index in [1.54, 1.807) is 4.90 Å². The molecule has 0 saturated carbocycles. The van der Waals surface area contributed by atoms with Crippen molar-refractivity contribution in [2.75, 3.05) is 32.7 Å². The van der Waals surface area contributed by atoms with Crippen molar-refractivity contribution in [3.63, 3.8) is 0 Å². The van der Waals surface area contributed by atoms with Gasteiger partial charge in [0.05, 0.1) is 6.26 Å². The highest BCUT2D eigenvalue weighted by Crippen LogP contribution is 2.15. The number of rotatable bonds is 4. The minimum Gasteiger partial charge on any atom is -0.478 e. The third-order valence-corrected chi connectivity index (χ3v) is 3.29. The molecule has 1 aromatic rings. The highest BCUT2D eigenvalue weighted by atomic mass is 16.4. The van der Waals surface area contributed by atoms with Gasteiger partial charge in [0, 0.05) is 26.2 Å². The fraction of sp³-hybridized carbons (Fsp3) is 0.538. The number of carbonyl (C=O) groups is 2. The van der Waals surface area contributed by atoms with Crippen LogP contribution in [0.2, 0.25) is 0 Å². The minimum absolute atomic E-state index is 0.0685. The van der Waals surface area contributed by atoms with E-state index in [0.29, 0.717) is 13.1 Å². The first kappa shape index (κ1) is 13.6. The van der Waals surface area contributed by atoms with Crippen LogP contribution in [-0.2, 0) is 0 Å². The molecule has 2 rings (SSSR count). The Kier molecular flexibility index (Phi) is 4.21. The van der Waals surface area contributed by atoms with E-state index in [2.05, 4.69) is 11.8 Å². The monoisotopic (exact) mass is 266 g/mol. The van der Waals surface area contributed by atoms with Crippen LogP contribution in [0.15, 0.2) is 16.7 Å². The second kappa shape index (κ2) is 5.88. The number of nitrogens with zero attached hydrogens (tertiary/aromatic N) is 2. The summed E-state index contributed by atoms with van der Waals surface area (Å²) < 4.78 is 5.03. The second-order valence-electron chi connectivity index (χ2n) is 4.60. The molecule has 0 unspecified atom stereocenters. The van der Waals surface area contributed by atoms with Crippen LogP contribution in [0.3, 0.4) is 0 Å². The van der Waals surface area contributed by atoms with Gasteiger partial charge in [-0.25, -0.2) is 4.79 Å². The summed E-state index contributed by atoms with van der Waals surface area (Å²) in [6.45, 7) is 6.02. The molecule has 19 heavy (non-hydrogen) atoms. The molecule has 104 valence electrons. The SMILES string of the molecule is CCCN1CCN(C(=O)c2occc2C(=O)O)CC1. The average molecular weight is 266 g/mol.